The van der Waals surface area contributed by atoms with Crippen molar-refractivity contribution in [1.29, 1.82) is 0 Å². The van der Waals surface area contributed by atoms with Gasteiger partial charge in [0.25, 0.3) is 0 Å². The number of aromatic nitrogens is 1. The molecule has 2 N–H and O–H groups in total. The summed E-state index contributed by atoms with van der Waals surface area (Å²) in [6, 6.07) is 5.94. The lowest BCUT2D eigenvalue weighted by Gasteiger charge is -2.11. The Balaban J connectivity index is 2.14. The van der Waals surface area contributed by atoms with Crippen LogP contribution in [-0.4, -0.2) is 4.98 Å². The number of nitrogens with zero attached hydrogens (tertiary/aromatic N) is 1. The number of nitrogens with two attached hydrogens (primary N) is 1. The standard InChI is InChI=1S/C11H10ClIN2S/c12-9-3-7(1-2-10(9)13)11(14)4-8-5-15-6-16-8/h1-3,5-6,11H,4,14H2. The quantitative estimate of drug-likeness (QED) is 0.845. The third-order valence-corrected chi connectivity index (χ3v) is 4.65. The number of hydrogen-bond donors (Lipinski definition) is 1. The van der Waals surface area contributed by atoms with E-state index in [4.69, 9.17) is 17.3 Å². The van der Waals surface area contributed by atoms with E-state index in [-0.39, 0.29) is 6.04 Å². The molecular formula is C11H10ClIN2S. The molecule has 5 heteroatoms. The molecule has 0 radical (unpaired) electrons. The Morgan fingerprint density at radius 3 is 2.94 bits per heavy atom. The van der Waals surface area contributed by atoms with Gasteiger partial charge >= 0.3 is 0 Å². The molecule has 0 spiro atoms. The highest BCUT2D eigenvalue weighted by molar-refractivity contribution is 14.1. The van der Waals surface area contributed by atoms with E-state index in [2.05, 4.69) is 27.6 Å². The van der Waals surface area contributed by atoms with E-state index >= 15 is 0 Å². The van der Waals surface area contributed by atoms with E-state index < -0.39 is 0 Å². The van der Waals surface area contributed by atoms with Gasteiger partial charge in [-0.3, -0.25) is 4.98 Å². The van der Waals surface area contributed by atoms with E-state index in [1.165, 1.54) is 4.88 Å². The van der Waals surface area contributed by atoms with Gasteiger partial charge in [-0.25, -0.2) is 0 Å². The van der Waals surface area contributed by atoms with E-state index in [1.54, 1.807) is 11.3 Å². The summed E-state index contributed by atoms with van der Waals surface area (Å²) in [6.45, 7) is 0. The minimum absolute atomic E-state index is 0.0186. The van der Waals surface area contributed by atoms with Gasteiger partial charge in [0.15, 0.2) is 0 Å². The predicted molar refractivity (Wildman–Crippen MR) is 76.9 cm³/mol. The molecule has 16 heavy (non-hydrogen) atoms. The van der Waals surface area contributed by atoms with Gasteiger partial charge in [0, 0.05) is 27.1 Å². The molecule has 1 atom stereocenters. The van der Waals surface area contributed by atoms with Crippen LogP contribution >= 0.6 is 45.5 Å². The van der Waals surface area contributed by atoms with Crippen LogP contribution < -0.4 is 5.73 Å². The van der Waals surface area contributed by atoms with Crippen LogP contribution in [0.3, 0.4) is 0 Å². The van der Waals surface area contributed by atoms with Crippen LogP contribution in [0.4, 0.5) is 0 Å². The molecule has 0 aliphatic carbocycles. The Bertz CT molecular complexity index is 473. The maximum absolute atomic E-state index is 6.12. The zero-order valence-electron chi connectivity index (χ0n) is 8.36. The van der Waals surface area contributed by atoms with Crippen LogP contribution in [0, 0.1) is 3.57 Å². The van der Waals surface area contributed by atoms with Crippen molar-refractivity contribution in [3.8, 4) is 0 Å². The lowest BCUT2D eigenvalue weighted by atomic mass is 10.0. The zero-order chi connectivity index (χ0) is 11.5. The maximum atomic E-state index is 6.12. The fourth-order valence-electron chi connectivity index (χ4n) is 1.42. The van der Waals surface area contributed by atoms with Gasteiger partial charge in [-0.2, -0.15) is 0 Å². The van der Waals surface area contributed by atoms with Crippen molar-refractivity contribution in [3.05, 3.63) is 48.9 Å². The lowest BCUT2D eigenvalue weighted by molar-refractivity contribution is 0.729. The smallest absolute Gasteiger partial charge is 0.0794 e. The molecule has 0 saturated heterocycles. The first kappa shape index (κ1) is 12.3. The summed E-state index contributed by atoms with van der Waals surface area (Å²) in [7, 11) is 0. The summed E-state index contributed by atoms with van der Waals surface area (Å²) in [5.41, 5.74) is 9.01. The number of hydrogen-bond acceptors (Lipinski definition) is 3. The molecule has 0 fully saturated rings. The van der Waals surface area contributed by atoms with Crippen molar-refractivity contribution in [2.45, 2.75) is 12.5 Å². The molecule has 1 aromatic carbocycles. The first-order valence-corrected chi connectivity index (χ1v) is 7.08. The summed E-state index contributed by atoms with van der Waals surface area (Å²) < 4.78 is 1.05. The fraction of sp³-hybridized carbons (Fsp3) is 0.182. The Kier molecular flexibility index (Phi) is 4.18. The summed E-state index contributed by atoms with van der Waals surface area (Å²) in [4.78, 5) is 5.23. The second kappa shape index (κ2) is 5.44. The second-order valence-corrected chi connectivity index (χ2v) is 5.99. The summed E-state index contributed by atoms with van der Waals surface area (Å²) >= 11 is 9.90. The van der Waals surface area contributed by atoms with Crippen molar-refractivity contribution in [1.82, 2.24) is 4.98 Å². The van der Waals surface area contributed by atoms with Crippen LogP contribution in [0.1, 0.15) is 16.5 Å². The van der Waals surface area contributed by atoms with Crippen LogP contribution in [-0.2, 0) is 6.42 Å². The summed E-state index contributed by atoms with van der Waals surface area (Å²) in [5.74, 6) is 0. The van der Waals surface area contributed by atoms with Crippen LogP contribution in [0.2, 0.25) is 5.02 Å². The second-order valence-electron chi connectivity index (χ2n) is 3.45. The van der Waals surface area contributed by atoms with E-state index in [1.807, 2.05) is 29.9 Å². The van der Waals surface area contributed by atoms with Crippen LogP contribution in [0.15, 0.2) is 29.9 Å². The van der Waals surface area contributed by atoms with Gasteiger partial charge in [0.1, 0.15) is 0 Å². The molecule has 0 saturated carbocycles. The van der Waals surface area contributed by atoms with Gasteiger partial charge < -0.3 is 5.73 Å². The van der Waals surface area contributed by atoms with Crippen LogP contribution in [0.25, 0.3) is 0 Å². The first-order valence-electron chi connectivity index (χ1n) is 4.74. The van der Waals surface area contributed by atoms with Crippen molar-refractivity contribution in [2.75, 3.05) is 0 Å². The molecule has 1 aromatic heterocycles. The monoisotopic (exact) mass is 364 g/mol. The van der Waals surface area contributed by atoms with E-state index in [9.17, 15) is 0 Å². The highest BCUT2D eigenvalue weighted by Crippen LogP contribution is 2.24. The molecule has 2 rings (SSSR count). The van der Waals surface area contributed by atoms with Gasteiger partial charge in [-0.05, 0) is 40.3 Å². The Hall–Kier alpha value is -0.170. The molecule has 0 aliphatic heterocycles. The fourth-order valence-corrected chi connectivity index (χ4v) is 2.60. The Morgan fingerprint density at radius 1 is 1.50 bits per heavy atom. The number of benzene rings is 1. The zero-order valence-corrected chi connectivity index (χ0v) is 12.1. The Labute approximate surface area is 117 Å². The molecular weight excluding hydrogens is 355 g/mol. The highest BCUT2D eigenvalue weighted by atomic mass is 127. The molecule has 1 unspecified atom stereocenters. The predicted octanol–water partition coefficient (Wildman–Crippen LogP) is 3.64. The average Bonchev–Trinajstić information content (AvgIpc) is 2.74. The van der Waals surface area contributed by atoms with Gasteiger partial charge in [0.05, 0.1) is 10.5 Å². The molecule has 2 aromatic rings. The largest absolute Gasteiger partial charge is 0.324 e. The minimum atomic E-state index is -0.0186. The number of rotatable bonds is 3. The van der Waals surface area contributed by atoms with Gasteiger partial charge in [-0.1, -0.05) is 17.7 Å². The van der Waals surface area contributed by atoms with Gasteiger partial charge in [0.2, 0.25) is 0 Å². The van der Waals surface area contributed by atoms with Crippen molar-refractivity contribution in [3.63, 3.8) is 0 Å². The third-order valence-electron chi connectivity index (χ3n) is 2.28. The molecule has 0 aliphatic rings. The molecule has 84 valence electrons. The molecule has 1 heterocycles. The SMILES string of the molecule is NC(Cc1cncs1)c1ccc(I)c(Cl)c1. The highest BCUT2D eigenvalue weighted by Gasteiger charge is 2.09. The van der Waals surface area contributed by atoms with Crippen molar-refractivity contribution < 1.29 is 0 Å². The topological polar surface area (TPSA) is 38.9 Å². The molecule has 2 nitrogen and oxygen atoms in total. The summed E-state index contributed by atoms with van der Waals surface area (Å²) in [6.07, 6.45) is 2.67. The van der Waals surface area contributed by atoms with E-state index in [0.717, 1.165) is 20.6 Å². The van der Waals surface area contributed by atoms with Crippen molar-refractivity contribution >= 4 is 45.5 Å². The number of thiazole rings is 1. The maximum Gasteiger partial charge on any atom is 0.0794 e. The minimum Gasteiger partial charge on any atom is -0.324 e. The normalized spacial score (nSPS) is 12.7. The summed E-state index contributed by atoms with van der Waals surface area (Å²) in [5, 5.41) is 0.762. The number of halogens is 2. The van der Waals surface area contributed by atoms with Gasteiger partial charge in [-0.15, -0.1) is 11.3 Å². The van der Waals surface area contributed by atoms with Crippen molar-refractivity contribution in [2.24, 2.45) is 5.73 Å². The lowest BCUT2D eigenvalue weighted by Crippen LogP contribution is -2.12. The molecule has 0 bridgehead atoms. The molecule has 0 amide bonds. The first-order chi connectivity index (χ1) is 7.66. The van der Waals surface area contributed by atoms with Crippen LogP contribution in [0.5, 0.6) is 0 Å². The van der Waals surface area contributed by atoms with E-state index in [0.29, 0.717) is 0 Å². The third kappa shape index (κ3) is 2.94. The average molecular weight is 365 g/mol. The Morgan fingerprint density at radius 2 is 2.31 bits per heavy atom.